The number of halogens is 1. The maximum Gasteiger partial charge on any atom is 0.156 e. The standard InChI is InChI=1S/C12H13ClO3S/c1-8(2)17(14,15)7-9-6-16-11-5-3-4-10(13)12(9)11/h3-6,8H,7H2,1-2H3. The Bertz CT molecular complexity index is 641. The third-order valence-corrected chi connectivity index (χ3v) is 5.16. The summed E-state index contributed by atoms with van der Waals surface area (Å²) in [6.07, 6.45) is 1.47. The first-order valence-electron chi connectivity index (χ1n) is 5.28. The number of rotatable bonds is 3. The third kappa shape index (κ3) is 2.33. The summed E-state index contributed by atoms with van der Waals surface area (Å²) in [5.41, 5.74) is 1.24. The summed E-state index contributed by atoms with van der Waals surface area (Å²) in [4.78, 5) is 0. The Balaban J connectivity index is 2.51. The van der Waals surface area contributed by atoms with Crippen molar-refractivity contribution in [1.29, 1.82) is 0 Å². The Morgan fingerprint density at radius 1 is 1.35 bits per heavy atom. The number of hydrogen-bond acceptors (Lipinski definition) is 3. The first kappa shape index (κ1) is 12.5. The fourth-order valence-electron chi connectivity index (χ4n) is 1.60. The van der Waals surface area contributed by atoms with Crippen LogP contribution in [0.4, 0.5) is 0 Å². The summed E-state index contributed by atoms with van der Waals surface area (Å²) in [6.45, 7) is 3.33. The topological polar surface area (TPSA) is 47.3 Å². The van der Waals surface area contributed by atoms with Gasteiger partial charge in [0.1, 0.15) is 5.58 Å². The molecule has 0 fully saturated rings. The van der Waals surface area contributed by atoms with Crippen LogP contribution in [-0.4, -0.2) is 13.7 Å². The van der Waals surface area contributed by atoms with Crippen LogP contribution in [-0.2, 0) is 15.6 Å². The van der Waals surface area contributed by atoms with Crippen molar-refractivity contribution in [1.82, 2.24) is 0 Å². The van der Waals surface area contributed by atoms with E-state index in [4.69, 9.17) is 16.0 Å². The summed E-state index contributed by atoms with van der Waals surface area (Å²) >= 11 is 6.06. The maximum atomic E-state index is 11.9. The number of sulfone groups is 1. The molecular weight excluding hydrogens is 260 g/mol. The van der Waals surface area contributed by atoms with Crippen molar-refractivity contribution in [3.8, 4) is 0 Å². The van der Waals surface area contributed by atoms with Gasteiger partial charge in [-0.1, -0.05) is 17.7 Å². The SMILES string of the molecule is CC(C)S(=O)(=O)Cc1coc2cccc(Cl)c12. The van der Waals surface area contributed by atoms with Gasteiger partial charge < -0.3 is 4.42 Å². The first-order valence-corrected chi connectivity index (χ1v) is 7.37. The Hall–Kier alpha value is -1.00. The minimum atomic E-state index is -3.15. The smallest absolute Gasteiger partial charge is 0.156 e. The molecule has 0 N–H and O–H groups in total. The fourth-order valence-corrected chi connectivity index (χ4v) is 2.86. The van der Waals surface area contributed by atoms with Crippen LogP contribution in [0.2, 0.25) is 5.02 Å². The Labute approximate surface area is 105 Å². The lowest BCUT2D eigenvalue weighted by Gasteiger charge is -2.06. The van der Waals surface area contributed by atoms with Crippen LogP contribution in [0.15, 0.2) is 28.9 Å². The second-order valence-electron chi connectivity index (χ2n) is 4.23. The Morgan fingerprint density at radius 3 is 2.71 bits per heavy atom. The molecular formula is C12H13ClO3S. The number of furan rings is 1. The lowest BCUT2D eigenvalue weighted by molar-refractivity contribution is 0.584. The zero-order chi connectivity index (χ0) is 12.6. The van der Waals surface area contributed by atoms with Gasteiger partial charge in [-0.05, 0) is 26.0 Å². The molecule has 3 nitrogen and oxygen atoms in total. The third-order valence-electron chi connectivity index (χ3n) is 2.70. The van der Waals surface area contributed by atoms with E-state index in [1.165, 1.54) is 6.26 Å². The van der Waals surface area contributed by atoms with Crippen LogP contribution in [0.25, 0.3) is 11.0 Å². The molecule has 0 radical (unpaired) electrons. The molecule has 0 amide bonds. The van der Waals surface area contributed by atoms with E-state index in [0.717, 1.165) is 0 Å². The molecule has 1 heterocycles. The zero-order valence-electron chi connectivity index (χ0n) is 9.60. The maximum absolute atomic E-state index is 11.9. The van der Waals surface area contributed by atoms with Crippen LogP contribution in [0, 0.1) is 0 Å². The van der Waals surface area contributed by atoms with Crippen LogP contribution in [0.1, 0.15) is 19.4 Å². The van der Waals surface area contributed by atoms with Crippen molar-refractivity contribution in [2.75, 3.05) is 0 Å². The molecule has 0 saturated heterocycles. The van der Waals surface area contributed by atoms with Gasteiger partial charge in [-0.2, -0.15) is 0 Å². The highest BCUT2D eigenvalue weighted by Gasteiger charge is 2.20. The number of fused-ring (bicyclic) bond motifs is 1. The van der Waals surface area contributed by atoms with E-state index in [2.05, 4.69) is 0 Å². The Kier molecular flexibility index (Phi) is 3.19. The summed E-state index contributed by atoms with van der Waals surface area (Å²) in [5, 5.41) is 0.804. The van der Waals surface area contributed by atoms with Gasteiger partial charge in [0, 0.05) is 10.9 Å². The van der Waals surface area contributed by atoms with Crippen LogP contribution >= 0.6 is 11.6 Å². The highest BCUT2D eigenvalue weighted by atomic mass is 35.5. The second kappa shape index (κ2) is 4.35. The molecule has 1 aromatic heterocycles. The van der Waals surface area contributed by atoms with Gasteiger partial charge >= 0.3 is 0 Å². The van der Waals surface area contributed by atoms with Crippen molar-refractivity contribution in [2.45, 2.75) is 24.9 Å². The molecule has 0 atom stereocenters. The molecule has 0 spiro atoms. The second-order valence-corrected chi connectivity index (χ2v) is 7.19. The van der Waals surface area contributed by atoms with Crippen molar-refractivity contribution in [3.05, 3.63) is 35.0 Å². The van der Waals surface area contributed by atoms with E-state index in [1.54, 1.807) is 32.0 Å². The molecule has 0 bridgehead atoms. The van der Waals surface area contributed by atoms with Gasteiger partial charge in [0.15, 0.2) is 9.84 Å². The largest absolute Gasteiger partial charge is 0.464 e. The molecule has 0 aliphatic carbocycles. The van der Waals surface area contributed by atoms with Crippen molar-refractivity contribution in [2.24, 2.45) is 0 Å². The van der Waals surface area contributed by atoms with Gasteiger partial charge in [0.25, 0.3) is 0 Å². The quantitative estimate of drug-likeness (QED) is 0.860. The molecule has 2 aromatic rings. The van der Waals surface area contributed by atoms with E-state index >= 15 is 0 Å². The minimum absolute atomic E-state index is 0.0403. The van der Waals surface area contributed by atoms with Gasteiger partial charge in [-0.25, -0.2) is 8.42 Å². The van der Waals surface area contributed by atoms with Crippen molar-refractivity contribution >= 4 is 32.4 Å². The molecule has 5 heteroatoms. The molecule has 1 aromatic carbocycles. The fraction of sp³-hybridized carbons (Fsp3) is 0.333. The predicted molar refractivity (Wildman–Crippen MR) is 69.0 cm³/mol. The summed E-state index contributed by atoms with van der Waals surface area (Å²) in [5.74, 6) is -0.0403. The molecule has 0 aliphatic rings. The van der Waals surface area contributed by atoms with Crippen LogP contribution in [0.5, 0.6) is 0 Å². The summed E-state index contributed by atoms with van der Waals surface area (Å²) in [6, 6.07) is 5.27. The van der Waals surface area contributed by atoms with E-state index in [9.17, 15) is 8.42 Å². The highest BCUT2D eigenvalue weighted by molar-refractivity contribution is 7.91. The summed E-state index contributed by atoms with van der Waals surface area (Å²) < 4.78 is 29.0. The zero-order valence-corrected chi connectivity index (χ0v) is 11.2. The molecule has 92 valence electrons. The molecule has 0 aliphatic heterocycles. The first-order chi connectivity index (χ1) is 7.92. The number of benzene rings is 1. The molecule has 0 saturated carbocycles. The van der Waals surface area contributed by atoms with Gasteiger partial charge in [0.2, 0.25) is 0 Å². The lowest BCUT2D eigenvalue weighted by Crippen LogP contribution is -2.15. The summed E-state index contributed by atoms with van der Waals surface area (Å²) in [7, 11) is -3.15. The average Bonchev–Trinajstić information content (AvgIpc) is 2.62. The van der Waals surface area contributed by atoms with Crippen molar-refractivity contribution < 1.29 is 12.8 Å². The highest BCUT2D eigenvalue weighted by Crippen LogP contribution is 2.30. The molecule has 2 rings (SSSR count). The number of hydrogen-bond donors (Lipinski definition) is 0. The minimum Gasteiger partial charge on any atom is -0.464 e. The predicted octanol–water partition coefficient (Wildman–Crippen LogP) is 3.41. The molecule has 0 unspecified atom stereocenters. The van der Waals surface area contributed by atoms with Gasteiger partial charge in [-0.15, -0.1) is 0 Å². The van der Waals surface area contributed by atoms with Gasteiger partial charge in [-0.3, -0.25) is 0 Å². The van der Waals surface area contributed by atoms with Crippen LogP contribution < -0.4 is 0 Å². The lowest BCUT2D eigenvalue weighted by atomic mass is 10.2. The van der Waals surface area contributed by atoms with Gasteiger partial charge in [0.05, 0.1) is 22.3 Å². The normalized spacial score (nSPS) is 12.5. The van der Waals surface area contributed by atoms with Crippen molar-refractivity contribution in [3.63, 3.8) is 0 Å². The van der Waals surface area contributed by atoms with E-state index in [1.807, 2.05) is 0 Å². The monoisotopic (exact) mass is 272 g/mol. The van der Waals surface area contributed by atoms with E-state index < -0.39 is 15.1 Å². The Morgan fingerprint density at radius 2 is 2.06 bits per heavy atom. The van der Waals surface area contributed by atoms with E-state index in [-0.39, 0.29) is 5.75 Å². The van der Waals surface area contributed by atoms with Crippen LogP contribution in [0.3, 0.4) is 0 Å². The molecule has 17 heavy (non-hydrogen) atoms. The average molecular weight is 273 g/mol. The van der Waals surface area contributed by atoms with E-state index in [0.29, 0.717) is 21.6 Å².